The number of aromatic nitrogens is 2. The number of benzene rings is 1. The summed E-state index contributed by atoms with van der Waals surface area (Å²) in [5, 5.41) is 13.3. The third-order valence-corrected chi connectivity index (χ3v) is 3.77. The first kappa shape index (κ1) is 15.8. The molecule has 1 heterocycles. The molecule has 0 bridgehead atoms. The highest BCUT2D eigenvalue weighted by Gasteiger charge is 2.35. The molecule has 1 amide bonds. The normalized spacial score (nSPS) is 11.2. The van der Waals surface area contributed by atoms with Crippen molar-refractivity contribution in [3.8, 4) is 0 Å². The molecule has 6 nitrogen and oxygen atoms in total. The Kier molecular flexibility index (Phi) is 4.30. The number of carboxylic acids is 1. The van der Waals surface area contributed by atoms with Gasteiger partial charge in [-0.2, -0.15) is 5.10 Å². The summed E-state index contributed by atoms with van der Waals surface area (Å²) in [5.74, 6) is -1.36. The quantitative estimate of drug-likeness (QED) is 0.914. The Bertz CT molecular complexity index is 660. The minimum absolute atomic E-state index is 0.321. The predicted octanol–water partition coefficient (Wildman–Crippen LogP) is 1.87. The van der Waals surface area contributed by atoms with Gasteiger partial charge in [-0.3, -0.25) is 9.48 Å². The molecule has 22 heavy (non-hydrogen) atoms. The Balaban J connectivity index is 2.13. The lowest BCUT2D eigenvalue weighted by atomic mass is 10.0. The fourth-order valence-electron chi connectivity index (χ4n) is 1.92. The summed E-state index contributed by atoms with van der Waals surface area (Å²) in [6.45, 7) is 3.62. The van der Waals surface area contributed by atoms with Crippen LogP contribution < -0.4 is 0 Å². The van der Waals surface area contributed by atoms with Crippen LogP contribution in [0.2, 0.25) is 0 Å². The third-order valence-electron chi connectivity index (χ3n) is 3.77. The zero-order valence-corrected chi connectivity index (χ0v) is 12.9. The molecule has 6 heteroatoms. The number of amides is 1. The lowest BCUT2D eigenvalue weighted by Crippen LogP contribution is -2.50. The number of hydrogen-bond acceptors (Lipinski definition) is 3. The summed E-state index contributed by atoms with van der Waals surface area (Å²) < 4.78 is 1.79. The van der Waals surface area contributed by atoms with Crippen LogP contribution in [0.15, 0.2) is 42.7 Å². The van der Waals surface area contributed by atoms with Crippen molar-refractivity contribution in [3.05, 3.63) is 53.9 Å². The molecule has 0 spiro atoms. The smallest absolute Gasteiger partial charge is 0.329 e. The van der Waals surface area contributed by atoms with E-state index in [-0.39, 0.29) is 5.91 Å². The molecular weight excluding hydrogens is 282 g/mol. The summed E-state index contributed by atoms with van der Waals surface area (Å²) in [5.41, 5.74) is 0.214. The fourth-order valence-corrected chi connectivity index (χ4v) is 1.92. The van der Waals surface area contributed by atoms with Crippen molar-refractivity contribution in [1.82, 2.24) is 14.7 Å². The van der Waals surface area contributed by atoms with Crippen LogP contribution in [-0.4, -0.2) is 44.3 Å². The van der Waals surface area contributed by atoms with Gasteiger partial charge in [0, 0.05) is 25.0 Å². The van der Waals surface area contributed by atoms with Crippen molar-refractivity contribution in [2.45, 2.75) is 25.9 Å². The van der Waals surface area contributed by atoms with Crippen LogP contribution in [0.1, 0.15) is 29.8 Å². The van der Waals surface area contributed by atoms with Gasteiger partial charge in [0.15, 0.2) is 0 Å². The van der Waals surface area contributed by atoms with Gasteiger partial charge >= 0.3 is 5.97 Å². The maximum atomic E-state index is 12.4. The molecule has 2 aromatic rings. The van der Waals surface area contributed by atoms with Gasteiger partial charge in [0.05, 0.1) is 6.54 Å². The third kappa shape index (κ3) is 3.16. The average Bonchev–Trinajstić information content (AvgIpc) is 2.99. The highest BCUT2D eigenvalue weighted by atomic mass is 16.4. The number of rotatable bonds is 5. The van der Waals surface area contributed by atoms with Crippen molar-refractivity contribution in [1.29, 1.82) is 0 Å². The number of carbonyl (C=O) groups excluding carboxylic acids is 1. The van der Waals surface area contributed by atoms with E-state index in [1.807, 2.05) is 24.4 Å². The number of aliphatic carboxylic acids is 1. The first-order chi connectivity index (χ1) is 10.3. The zero-order chi connectivity index (χ0) is 16.3. The van der Waals surface area contributed by atoms with Crippen LogP contribution in [0.25, 0.3) is 0 Å². The summed E-state index contributed by atoms with van der Waals surface area (Å²) >= 11 is 0. The minimum atomic E-state index is -1.26. The van der Waals surface area contributed by atoms with E-state index in [4.69, 9.17) is 0 Å². The first-order valence-corrected chi connectivity index (χ1v) is 6.90. The Morgan fingerprint density at radius 1 is 1.27 bits per heavy atom. The Hall–Kier alpha value is -2.63. The molecular formula is C16H19N3O3. The zero-order valence-electron chi connectivity index (χ0n) is 12.9. The van der Waals surface area contributed by atoms with E-state index in [0.29, 0.717) is 12.1 Å². The highest BCUT2D eigenvalue weighted by molar-refractivity contribution is 5.97. The second-order valence-corrected chi connectivity index (χ2v) is 5.63. The topological polar surface area (TPSA) is 75.4 Å². The maximum absolute atomic E-state index is 12.4. The van der Waals surface area contributed by atoms with Crippen molar-refractivity contribution in [2.75, 3.05) is 7.05 Å². The molecule has 0 aliphatic rings. The number of nitrogens with zero attached hydrogens (tertiary/aromatic N) is 3. The maximum Gasteiger partial charge on any atom is 0.329 e. The monoisotopic (exact) mass is 301 g/mol. The van der Waals surface area contributed by atoms with Crippen molar-refractivity contribution in [3.63, 3.8) is 0 Å². The number of carboxylic acid groups (broad SMARTS) is 1. The fraction of sp³-hybridized carbons (Fsp3) is 0.312. The largest absolute Gasteiger partial charge is 0.480 e. The highest BCUT2D eigenvalue weighted by Crippen LogP contribution is 2.17. The van der Waals surface area contributed by atoms with Gasteiger partial charge < -0.3 is 10.0 Å². The second-order valence-electron chi connectivity index (χ2n) is 5.63. The Labute approximate surface area is 129 Å². The molecule has 116 valence electrons. The predicted molar refractivity (Wildman–Crippen MR) is 81.6 cm³/mol. The van der Waals surface area contributed by atoms with Crippen LogP contribution in [0.5, 0.6) is 0 Å². The Morgan fingerprint density at radius 3 is 2.41 bits per heavy atom. The molecule has 0 unspecified atom stereocenters. The van der Waals surface area contributed by atoms with Gasteiger partial charge in [0.25, 0.3) is 5.91 Å². The number of likely N-dealkylation sites (N-methyl/N-ethyl adjacent to an activating group) is 1. The van der Waals surface area contributed by atoms with Crippen LogP contribution in [0, 0.1) is 0 Å². The van der Waals surface area contributed by atoms with Gasteiger partial charge in [0.2, 0.25) is 0 Å². The molecule has 1 N–H and O–H groups in total. The lowest BCUT2D eigenvalue weighted by molar-refractivity contribution is -0.147. The molecule has 1 aromatic heterocycles. The van der Waals surface area contributed by atoms with Gasteiger partial charge in [-0.15, -0.1) is 0 Å². The summed E-state index contributed by atoms with van der Waals surface area (Å²) in [6.07, 6.45) is 3.57. The molecule has 0 atom stereocenters. The van der Waals surface area contributed by atoms with Crippen LogP contribution >= 0.6 is 0 Å². The molecule has 0 aliphatic heterocycles. The van der Waals surface area contributed by atoms with E-state index in [1.54, 1.807) is 23.0 Å². The van der Waals surface area contributed by atoms with Gasteiger partial charge in [-0.25, -0.2) is 4.79 Å². The number of hydrogen-bond donors (Lipinski definition) is 1. The van der Waals surface area contributed by atoms with E-state index in [0.717, 1.165) is 5.56 Å². The molecule has 0 fully saturated rings. The number of carbonyl (C=O) groups is 2. The lowest BCUT2D eigenvalue weighted by Gasteiger charge is -2.31. The molecule has 0 saturated carbocycles. The van der Waals surface area contributed by atoms with Crippen molar-refractivity contribution < 1.29 is 14.7 Å². The minimum Gasteiger partial charge on any atom is -0.480 e. The van der Waals surface area contributed by atoms with Crippen molar-refractivity contribution in [2.24, 2.45) is 0 Å². The summed E-state index contributed by atoms with van der Waals surface area (Å²) in [6, 6.07) is 8.94. The average molecular weight is 301 g/mol. The molecule has 0 saturated heterocycles. The summed E-state index contributed by atoms with van der Waals surface area (Å²) in [7, 11) is 1.49. The second kappa shape index (κ2) is 6.01. The SMILES string of the molecule is CN(C(=O)c1ccc(Cn2cccn2)cc1)C(C)(C)C(=O)O. The summed E-state index contributed by atoms with van der Waals surface area (Å²) in [4.78, 5) is 24.8. The van der Waals surface area contributed by atoms with E-state index in [9.17, 15) is 14.7 Å². The van der Waals surface area contributed by atoms with Crippen LogP contribution in [0.4, 0.5) is 0 Å². The van der Waals surface area contributed by atoms with Gasteiger partial charge in [-0.05, 0) is 37.6 Å². The molecule has 0 radical (unpaired) electrons. The van der Waals surface area contributed by atoms with Gasteiger partial charge in [-0.1, -0.05) is 12.1 Å². The standard InChI is InChI=1S/C16H19N3O3/c1-16(2,15(21)22)18(3)14(20)13-7-5-12(6-8-13)11-19-10-4-9-17-19/h4-10H,11H2,1-3H3,(H,21,22). The van der Waals surface area contributed by atoms with Gasteiger partial charge in [0.1, 0.15) is 5.54 Å². The van der Waals surface area contributed by atoms with Crippen LogP contribution in [-0.2, 0) is 11.3 Å². The van der Waals surface area contributed by atoms with Crippen molar-refractivity contribution >= 4 is 11.9 Å². The Morgan fingerprint density at radius 2 is 1.91 bits per heavy atom. The first-order valence-electron chi connectivity index (χ1n) is 6.90. The van der Waals surface area contributed by atoms with Crippen LogP contribution in [0.3, 0.4) is 0 Å². The van der Waals surface area contributed by atoms with E-state index in [1.165, 1.54) is 25.8 Å². The molecule has 2 rings (SSSR count). The van der Waals surface area contributed by atoms with E-state index >= 15 is 0 Å². The molecule has 0 aliphatic carbocycles. The van der Waals surface area contributed by atoms with E-state index in [2.05, 4.69) is 5.10 Å². The van der Waals surface area contributed by atoms with E-state index < -0.39 is 11.5 Å². The molecule has 1 aromatic carbocycles.